The molecule has 0 spiro atoms. The molecule has 0 radical (unpaired) electrons. The fourth-order valence-corrected chi connectivity index (χ4v) is 2.73. The Morgan fingerprint density at radius 1 is 1.30 bits per heavy atom. The topological polar surface area (TPSA) is 76.4 Å². The van der Waals surface area contributed by atoms with Gasteiger partial charge in [-0.2, -0.15) is 5.26 Å². The lowest BCUT2D eigenvalue weighted by molar-refractivity contribution is -0.145. The largest absolute Gasteiger partial charge is 0.481 e. The summed E-state index contributed by atoms with van der Waals surface area (Å²) in [4.78, 5) is 24.8. The summed E-state index contributed by atoms with van der Waals surface area (Å²) in [5.41, 5.74) is 0.230. The molecule has 1 aromatic carbocycles. The molecule has 0 aliphatic carbocycles. The lowest BCUT2D eigenvalue weighted by Crippen LogP contribution is -2.16. The van der Waals surface area contributed by atoms with Crippen molar-refractivity contribution in [1.82, 2.24) is 0 Å². The van der Waals surface area contributed by atoms with E-state index in [1.54, 1.807) is 25.1 Å². The van der Waals surface area contributed by atoms with Crippen molar-refractivity contribution < 1.29 is 19.1 Å². The predicted molar refractivity (Wildman–Crippen MR) is 86.0 cm³/mol. The van der Waals surface area contributed by atoms with Gasteiger partial charge in [0.25, 0.3) is 0 Å². The van der Waals surface area contributed by atoms with Crippen molar-refractivity contribution in [2.24, 2.45) is 0 Å². The lowest BCUT2D eigenvalue weighted by Gasteiger charge is -2.10. The van der Waals surface area contributed by atoms with Crippen LogP contribution in [-0.2, 0) is 9.53 Å². The zero-order valence-corrected chi connectivity index (χ0v) is 13.7. The van der Waals surface area contributed by atoms with Crippen LogP contribution in [0.15, 0.2) is 30.3 Å². The summed E-state index contributed by atoms with van der Waals surface area (Å²) in [6, 6.07) is 9.68. The summed E-state index contributed by atoms with van der Waals surface area (Å²) in [5, 5.41) is 9.22. The van der Waals surface area contributed by atoms with Gasteiger partial charge in [-0.15, -0.1) is 11.3 Å². The van der Waals surface area contributed by atoms with Crippen LogP contribution in [0.3, 0.4) is 0 Å². The van der Waals surface area contributed by atoms with Gasteiger partial charge in [-0.05, 0) is 37.3 Å². The van der Waals surface area contributed by atoms with Gasteiger partial charge in [-0.25, -0.2) is 4.79 Å². The minimum Gasteiger partial charge on any atom is -0.481 e. The summed E-state index contributed by atoms with van der Waals surface area (Å²) in [7, 11) is 0. The van der Waals surface area contributed by atoms with Crippen LogP contribution in [0.25, 0.3) is 0 Å². The molecule has 2 aromatic rings. The molecule has 0 N–H and O–H groups in total. The Hall–Kier alpha value is -2.36. The molecule has 0 unspecified atom stereocenters. The molecule has 23 heavy (non-hydrogen) atoms. The van der Waals surface area contributed by atoms with E-state index in [2.05, 4.69) is 0 Å². The smallest absolute Gasteiger partial charge is 0.344 e. The maximum absolute atomic E-state index is 12.6. The number of carbonyl (C=O) groups is 2. The Kier molecular flexibility index (Phi) is 5.74. The van der Waals surface area contributed by atoms with Gasteiger partial charge in [0.2, 0.25) is 5.78 Å². The zero-order chi connectivity index (χ0) is 16.8. The Morgan fingerprint density at radius 3 is 2.74 bits per heavy atom. The highest BCUT2D eigenvalue weighted by Gasteiger charge is 2.18. The average molecular weight is 350 g/mol. The number of halogens is 1. The van der Waals surface area contributed by atoms with Crippen LogP contribution in [-0.4, -0.2) is 25.0 Å². The fourth-order valence-electron chi connectivity index (χ4n) is 1.80. The first-order valence-electron chi connectivity index (χ1n) is 6.67. The molecule has 0 fully saturated rings. The molecule has 0 amide bonds. The Morgan fingerprint density at radius 2 is 2.09 bits per heavy atom. The van der Waals surface area contributed by atoms with Gasteiger partial charge >= 0.3 is 5.97 Å². The van der Waals surface area contributed by atoms with Gasteiger partial charge in [-0.1, -0.05) is 11.6 Å². The van der Waals surface area contributed by atoms with Crippen LogP contribution in [0.2, 0.25) is 5.02 Å². The highest BCUT2D eigenvalue weighted by atomic mass is 35.5. The molecule has 0 saturated carbocycles. The molecule has 118 valence electrons. The van der Waals surface area contributed by atoms with E-state index in [1.165, 1.54) is 12.1 Å². The van der Waals surface area contributed by atoms with E-state index in [4.69, 9.17) is 26.3 Å². The maximum atomic E-state index is 12.6. The molecule has 7 heteroatoms. The first-order chi connectivity index (χ1) is 11.0. The van der Waals surface area contributed by atoms with Crippen molar-refractivity contribution in [3.8, 4) is 11.8 Å². The van der Waals surface area contributed by atoms with Gasteiger partial charge in [0.15, 0.2) is 6.61 Å². The zero-order valence-electron chi connectivity index (χ0n) is 12.2. The number of benzene rings is 1. The minimum atomic E-state index is -0.524. The highest BCUT2D eigenvalue weighted by molar-refractivity contribution is 7.14. The molecule has 1 aromatic heterocycles. The monoisotopic (exact) mass is 349 g/mol. The number of hydrogen-bond acceptors (Lipinski definition) is 6. The van der Waals surface area contributed by atoms with Gasteiger partial charge in [0.1, 0.15) is 16.7 Å². The molecule has 0 aliphatic heterocycles. The number of nitriles is 1. The van der Waals surface area contributed by atoms with E-state index in [-0.39, 0.29) is 30.3 Å². The predicted octanol–water partition coefficient (Wildman–Crippen LogP) is 3.45. The van der Waals surface area contributed by atoms with E-state index >= 15 is 0 Å². The number of carbonyl (C=O) groups excluding carboxylic acids is 2. The van der Waals surface area contributed by atoms with Crippen molar-refractivity contribution in [3.63, 3.8) is 0 Å². The van der Waals surface area contributed by atoms with Crippen molar-refractivity contribution >= 4 is 34.7 Å². The molecule has 0 aliphatic rings. The molecule has 2 rings (SSSR count). The quantitative estimate of drug-likeness (QED) is 0.589. The van der Waals surface area contributed by atoms with E-state index in [0.29, 0.717) is 14.8 Å². The van der Waals surface area contributed by atoms with Crippen LogP contribution >= 0.6 is 22.9 Å². The summed E-state index contributed by atoms with van der Waals surface area (Å²) in [5.74, 6) is -0.610. The summed E-state index contributed by atoms with van der Waals surface area (Å²) < 4.78 is 10.1. The number of esters is 1. The average Bonchev–Trinajstić information content (AvgIpc) is 3.02. The summed E-state index contributed by atoms with van der Waals surface area (Å²) in [6.45, 7) is 1.64. The Balaban J connectivity index is 2.26. The second kappa shape index (κ2) is 7.77. The van der Waals surface area contributed by atoms with Crippen LogP contribution < -0.4 is 4.74 Å². The van der Waals surface area contributed by atoms with Gasteiger partial charge < -0.3 is 9.47 Å². The molecular formula is C16H12ClNO4S. The second-order valence-corrected chi connectivity index (χ2v) is 5.86. The molecular weight excluding hydrogens is 338 g/mol. The van der Waals surface area contributed by atoms with Crippen molar-refractivity contribution in [3.05, 3.63) is 50.7 Å². The third kappa shape index (κ3) is 4.31. The van der Waals surface area contributed by atoms with Crippen LogP contribution in [0.4, 0.5) is 0 Å². The number of nitrogens with zero attached hydrogens (tertiary/aromatic N) is 1. The third-order valence-corrected chi connectivity index (χ3v) is 4.00. The number of hydrogen-bond donors (Lipinski definition) is 0. The normalized spacial score (nSPS) is 9.96. The molecule has 0 saturated heterocycles. The summed E-state index contributed by atoms with van der Waals surface area (Å²) in [6.07, 6.45) is 0. The van der Waals surface area contributed by atoms with Crippen molar-refractivity contribution in [1.29, 1.82) is 5.26 Å². The number of thiophene rings is 1. The van der Waals surface area contributed by atoms with Crippen LogP contribution in [0, 0.1) is 11.3 Å². The van der Waals surface area contributed by atoms with Gasteiger partial charge in [-0.3, -0.25) is 4.79 Å². The molecule has 5 nitrogen and oxygen atoms in total. The molecule has 0 atom stereocenters. The maximum Gasteiger partial charge on any atom is 0.344 e. The molecule has 0 bridgehead atoms. The molecule has 1 heterocycles. The summed E-state index contributed by atoms with van der Waals surface area (Å²) >= 11 is 7.03. The second-order valence-electron chi connectivity index (χ2n) is 4.34. The highest BCUT2D eigenvalue weighted by Crippen LogP contribution is 2.28. The van der Waals surface area contributed by atoms with Crippen molar-refractivity contribution in [2.75, 3.05) is 13.2 Å². The first kappa shape index (κ1) is 17.0. The fraction of sp³-hybridized carbons (Fsp3) is 0.188. The third-order valence-electron chi connectivity index (χ3n) is 2.78. The number of rotatable bonds is 6. The standard InChI is InChI=1S/C16H12ClNO4S/c1-2-21-15(19)9-22-13-5-3-10(17)7-12(13)16(20)14-6-4-11(8-18)23-14/h3-7H,2,9H2,1H3. The van der Waals surface area contributed by atoms with Gasteiger partial charge in [0, 0.05) is 5.02 Å². The van der Waals surface area contributed by atoms with Gasteiger partial charge in [0.05, 0.1) is 17.0 Å². The van der Waals surface area contributed by atoms with E-state index < -0.39 is 5.97 Å². The SMILES string of the molecule is CCOC(=O)COc1ccc(Cl)cc1C(=O)c1ccc(C#N)s1. The van der Waals surface area contributed by atoms with E-state index in [0.717, 1.165) is 11.3 Å². The van der Waals surface area contributed by atoms with Crippen molar-refractivity contribution in [2.45, 2.75) is 6.92 Å². The first-order valence-corrected chi connectivity index (χ1v) is 7.87. The Bertz CT molecular complexity index is 779. The number of ether oxygens (including phenoxy) is 2. The van der Waals surface area contributed by atoms with Crippen LogP contribution in [0.5, 0.6) is 5.75 Å². The minimum absolute atomic E-state index is 0.230. The Labute approximate surface area is 142 Å². The number of ketones is 1. The lowest BCUT2D eigenvalue weighted by atomic mass is 10.1. The van der Waals surface area contributed by atoms with E-state index in [9.17, 15) is 9.59 Å². The van der Waals surface area contributed by atoms with Crippen LogP contribution in [0.1, 0.15) is 27.0 Å². The van der Waals surface area contributed by atoms with E-state index in [1.807, 2.05) is 6.07 Å².